The molecule has 0 radical (unpaired) electrons. The number of aromatic hydroxyl groups is 1. The number of carbonyl (C=O) groups excluding carboxylic acids is 1. The van der Waals surface area contributed by atoms with Gasteiger partial charge in [-0.05, 0) is 6.07 Å². The van der Waals surface area contributed by atoms with Gasteiger partial charge in [0, 0.05) is 12.1 Å². The van der Waals surface area contributed by atoms with Crippen molar-refractivity contribution in [2.24, 2.45) is 10.2 Å². The van der Waals surface area contributed by atoms with Crippen LogP contribution in [0.25, 0.3) is 0 Å². The summed E-state index contributed by atoms with van der Waals surface area (Å²) in [5.41, 5.74) is -3.11. The van der Waals surface area contributed by atoms with Gasteiger partial charge in [0.2, 0.25) is 11.6 Å². The molecule has 0 fully saturated rings. The number of aromatic nitrogens is 2. The predicted molar refractivity (Wildman–Crippen MR) is 71.3 cm³/mol. The van der Waals surface area contributed by atoms with Gasteiger partial charge in [-0.2, -0.15) is 0 Å². The average Bonchev–Trinajstić information content (AvgIpc) is 2.46. The van der Waals surface area contributed by atoms with E-state index in [9.17, 15) is 29.6 Å². The van der Waals surface area contributed by atoms with Gasteiger partial charge in [-0.25, -0.2) is 4.79 Å². The minimum absolute atomic E-state index is 0.127. The highest BCUT2D eigenvalue weighted by Crippen LogP contribution is 2.18. The summed E-state index contributed by atoms with van der Waals surface area (Å²) in [6.45, 7) is 0. The normalized spacial score (nSPS) is 10.7. The van der Waals surface area contributed by atoms with Gasteiger partial charge >= 0.3 is 5.69 Å². The zero-order chi connectivity index (χ0) is 16.3. The Labute approximate surface area is 120 Å². The van der Waals surface area contributed by atoms with Crippen molar-refractivity contribution < 1.29 is 14.8 Å². The van der Waals surface area contributed by atoms with Gasteiger partial charge < -0.3 is 5.11 Å². The molecule has 1 heterocycles. The Balaban J connectivity index is 2.33. The van der Waals surface area contributed by atoms with Crippen LogP contribution in [0.4, 0.5) is 11.4 Å². The Morgan fingerprint density at radius 1 is 1.27 bits per heavy atom. The van der Waals surface area contributed by atoms with E-state index in [2.05, 4.69) is 10.2 Å². The van der Waals surface area contributed by atoms with Crippen LogP contribution < -0.4 is 11.2 Å². The first-order valence-corrected chi connectivity index (χ1v) is 5.64. The third-order valence-corrected chi connectivity index (χ3v) is 2.44. The van der Waals surface area contributed by atoms with Crippen molar-refractivity contribution in [3.63, 3.8) is 0 Å². The first-order chi connectivity index (χ1) is 10.4. The van der Waals surface area contributed by atoms with Gasteiger partial charge in [0.1, 0.15) is 0 Å². The first kappa shape index (κ1) is 14.8. The van der Waals surface area contributed by atoms with Crippen LogP contribution in [0.3, 0.4) is 0 Å². The van der Waals surface area contributed by atoms with Crippen molar-refractivity contribution in [1.82, 2.24) is 9.97 Å². The molecule has 3 N–H and O–H groups in total. The van der Waals surface area contributed by atoms with Crippen molar-refractivity contribution in [2.45, 2.75) is 0 Å². The lowest BCUT2D eigenvalue weighted by Gasteiger charge is -1.96. The number of benzene rings is 1. The molecule has 0 saturated carbocycles. The lowest BCUT2D eigenvalue weighted by Crippen LogP contribution is -2.21. The summed E-state index contributed by atoms with van der Waals surface area (Å²) in [7, 11) is 0. The fourth-order valence-corrected chi connectivity index (χ4v) is 1.47. The highest BCUT2D eigenvalue weighted by atomic mass is 16.6. The Morgan fingerprint density at radius 2 is 2.00 bits per heavy atom. The topological polar surface area (TPSA) is 171 Å². The highest BCUT2D eigenvalue weighted by molar-refractivity contribution is 5.95. The minimum Gasteiger partial charge on any atom is -0.493 e. The van der Waals surface area contributed by atoms with E-state index in [-0.39, 0.29) is 11.3 Å². The number of nitrogens with zero attached hydrogens (tertiary/aromatic N) is 3. The number of hydrogen-bond donors (Lipinski definition) is 3. The second-order valence-electron chi connectivity index (χ2n) is 3.92. The molecule has 0 unspecified atom stereocenters. The molecule has 0 bridgehead atoms. The van der Waals surface area contributed by atoms with Crippen LogP contribution in [0, 0.1) is 10.1 Å². The summed E-state index contributed by atoms with van der Waals surface area (Å²) in [6, 6.07) is 4.72. The summed E-state index contributed by atoms with van der Waals surface area (Å²) in [5.74, 6) is -1.82. The van der Waals surface area contributed by atoms with E-state index in [1.807, 2.05) is 4.98 Å². The maximum absolute atomic E-state index is 11.7. The van der Waals surface area contributed by atoms with E-state index in [4.69, 9.17) is 0 Å². The SMILES string of the molecule is O=C(N=Nc1c(O)[nH]c(=O)[nH]c1=O)c1cccc([N+](=O)[O-])c1. The van der Waals surface area contributed by atoms with E-state index >= 15 is 0 Å². The number of carbonyl (C=O) groups is 1. The Hall–Kier alpha value is -3.63. The third kappa shape index (κ3) is 3.09. The van der Waals surface area contributed by atoms with E-state index in [1.165, 1.54) is 18.2 Å². The van der Waals surface area contributed by atoms with Crippen LogP contribution in [0.2, 0.25) is 0 Å². The van der Waals surface area contributed by atoms with E-state index in [0.29, 0.717) is 0 Å². The van der Waals surface area contributed by atoms with Crippen molar-refractivity contribution in [1.29, 1.82) is 0 Å². The summed E-state index contributed by atoms with van der Waals surface area (Å²) in [6.07, 6.45) is 0. The van der Waals surface area contributed by atoms with Gasteiger partial charge in [-0.3, -0.25) is 29.7 Å². The quantitative estimate of drug-likeness (QED) is 0.425. The number of nitro benzene ring substituents is 1. The Bertz CT molecular complexity index is 896. The fourth-order valence-electron chi connectivity index (χ4n) is 1.47. The molecule has 0 atom stereocenters. The molecular formula is C11H7N5O6. The molecule has 0 aliphatic heterocycles. The number of non-ortho nitro benzene ring substituents is 1. The lowest BCUT2D eigenvalue weighted by molar-refractivity contribution is -0.384. The molecule has 11 heteroatoms. The number of rotatable bonds is 3. The van der Waals surface area contributed by atoms with Crippen LogP contribution in [0.5, 0.6) is 5.88 Å². The molecule has 1 amide bonds. The molecule has 2 rings (SSSR count). The van der Waals surface area contributed by atoms with Crippen LogP contribution in [0.1, 0.15) is 10.4 Å². The van der Waals surface area contributed by atoms with Gasteiger partial charge in [0.15, 0.2) is 0 Å². The van der Waals surface area contributed by atoms with Crippen molar-refractivity contribution in [2.75, 3.05) is 0 Å². The number of aromatic amines is 2. The highest BCUT2D eigenvalue weighted by Gasteiger charge is 2.12. The molecule has 22 heavy (non-hydrogen) atoms. The van der Waals surface area contributed by atoms with Gasteiger partial charge in [-0.15, -0.1) is 10.2 Å². The van der Waals surface area contributed by atoms with Crippen molar-refractivity contribution >= 4 is 17.3 Å². The summed E-state index contributed by atoms with van der Waals surface area (Å²) in [4.78, 5) is 47.5. The average molecular weight is 305 g/mol. The number of nitrogens with one attached hydrogen (secondary N) is 2. The molecule has 0 aliphatic carbocycles. The number of azo groups is 1. The molecule has 0 spiro atoms. The number of amides is 1. The van der Waals surface area contributed by atoms with Crippen molar-refractivity contribution in [3.8, 4) is 5.88 Å². The van der Waals surface area contributed by atoms with Crippen LogP contribution in [-0.2, 0) is 0 Å². The molecule has 0 saturated heterocycles. The number of hydrogen-bond acceptors (Lipinski definition) is 7. The minimum atomic E-state index is -1.04. The smallest absolute Gasteiger partial charge is 0.328 e. The third-order valence-electron chi connectivity index (χ3n) is 2.44. The van der Waals surface area contributed by atoms with Gasteiger partial charge in [-0.1, -0.05) is 6.07 Å². The molecule has 1 aromatic heterocycles. The molecule has 11 nitrogen and oxygen atoms in total. The van der Waals surface area contributed by atoms with Gasteiger partial charge in [0.05, 0.1) is 10.5 Å². The molecule has 1 aromatic carbocycles. The number of H-pyrrole nitrogens is 2. The number of nitro groups is 1. The standard InChI is InChI=1S/C11H7N5O6/c17-8(5-2-1-3-6(4-5)16(21)22)15-14-7-9(18)12-11(20)13-10(7)19/h1-4H,(H3,12,13,18,19,20). The largest absolute Gasteiger partial charge is 0.493 e. The fraction of sp³-hybridized carbons (Fsp3) is 0. The zero-order valence-electron chi connectivity index (χ0n) is 10.6. The Morgan fingerprint density at radius 3 is 2.64 bits per heavy atom. The first-order valence-electron chi connectivity index (χ1n) is 5.64. The predicted octanol–water partition coefficient (Wildman–Crippen LogP) is 0.601. The van der Waals surface area contributed by atoms with Crippen LogP contribution in [-0.4, -0.2) is 25.9 Å². The Kier molecular flexibility index (Phi) is 3.88. The van der Waals surface area contributed by atoms with Crippen LogP contribution >= 0.6 is 0 Å². The van der Waals surface area contributed by atoms with Crippen molar-refractivity contribution in [3.05, 3.63) is 60.8 Å². The maximum Gasteiger partial charge on any atom is 0.328 e. The van der Waals surface area contributed by atoms with E-state index in [1.54, 1.807) is 4.98 Å². The lowest BCUT2D eigenvalue weighted by atomic mass is 10.2. The van der Waals surface area contributed by atoms with Gasteiger partial charge in [0.25, 0.3) is 17.2 Å². The second-order valence-corrected chi connectivity index (χ2v) is 3.92. The summed E-state index contributed by atoms with van der Waals surface area (Å²) in [5, 5.41) is 26.4. The van der Waals surface area contributed by atoms with E-state index < -0.39 is 33.6 Å². The maximum atomic E-state index is 11.7. The molecule has 112 valence electrons. The molecule has 2 aromatic rings. The monoisotopic (exact) mass is 305 g/mol. The zero-order valence-corrected chi connectivity index (χ0v) is 10.6. The van der Waals surface area contributed by atoms with E-state index in [0.717, 1.165) is 6.07 Å². The summed E-state index contributed by atoms with van der Waals surface area (Å²) >= 11 is 0. The molecule has 0 aliphatic rings. The molecular weight excluding hydrogens is 298 g/mol. The van der Waals surface area contributed by atoms with Crippen LogP contribution in [0.15, 0.2) is 44.1 Å². The summed E-state index contributed by atoms with van der Waals surface area (Å²) < 4.78 is 0. The second kappa shape index (κ2) is 5.78.